The minimum absolute atomic E-state index is 0. The first-order valence-electron chi connectivity index (χ1n) is 19.2. The molecule has 282 valence electrons. The SMILES string of the molecule is Cc1cc(F)c(Nc2nc(-c3ccc4c(c3)N(C3CC(N5CCCCC5)C3)C(=O)C43CCNCC3)cc3ncn(C(C)C)c23)cc1C(=O)NC(C)C.Cl. The number of likely N-dealkylation sites (tertiary alicyclic amines) is 1. The monoisotopic (exact) mass is 742 g/mol. The van der Waals surface area contributed by atoms with Crippen molar-refractivity contribution >= 4 is 52.4 Å². The molecule has 1 aliphatic carbocycles. The maximum absolute atomic E-state index is 15.6. The number of hydrogen-bond donors (Lipinski definition) is 3. The normalized spacial score (nSPS) is 21.2. The van der Waals surface area contributed by atoms with Gasteiger partial charge >= 0.3 is 0 Å². The molecule has 2 aromatic carbocycles. The van der Waals surface area contributed by atoms with E-state index in [1.807, 2.05) is 24.5 Å². The van der Waals surface area contributed by atoms with Gasteiger partial charge in [0.2, 0.25) is 5.91 Å². The second-order valence-electron chi connectivity index (χ2n) is 16.0. The molecule has 1 spiro atoms. The van der Waals surface area contributed by atoms with Crippen LogP contribution in [-0.2, 0) is 10.2 Å². The van der Waals surface area contributed by atoms with Crippen molar-refractivity contribution < 1.29 is 14.0 Å². The minimum Gasteiger partial charge on any atom is -0.350 e. The number of benzene rings is 2. The van der Waals surface area contributed by atoms with Crippen LogP contribution in [0.15, 0.2) is 42.7 Å². The van der Waals surface area contributed by atoms with E-state index in [4.69, 9.17) is 9.97 Å². The summed E-state index contributed by atoms with van der Waals surface area (Å²) in [7, 11) is 0. The summed E-state index contributed by atoms with van der Waals surface area (Å²) in [5, 5.41) is 9.66. The molecule has 2 saturated heterocycles. The number of amides is 2. The summed E-state index contributed by atoms with van der Waals surface area (Å²) < 4.78 is 17.6. The number of piperidine rings is 2. The van der Waals surface area contributed by atoms with Crippen molar-refractivity contribution in [2.24, 2.45) is 0 Å². The summed E-state index contributed by atoms with van der Waals surface area (Å²) in [5.41, 5.74) is 5.76. The van der Waals surface area contributed by atoms with Crippen molar-refractivity contribution in [2.45, 2.75) is 109 Å². The molecule has 0 unspecified atom stereocenters. The lowest BCUT2D eigenvalue weighted by Gasteiger charge is -2.48. The van der Waals surface area contributed by atoms with Crippen molar-refractivity contribution in [1.29, 1.82) is 0 Å². The average molecular weight is 743 g/mol. The number of anilines is 3. The molecule has 2 amide bonds. The Morgan fingerprint density at radius 3 is 2.43 bits per heavy atom. The van der Waals surface area contributed by atoms with E-state index < -0.39 is 11.2 Å². The van der Waals surface area contributed by atoms with Gasteiger partial charge in [-0.25, -0.2) is 14.4 Å². The summed E-state index contributed by atoms with van der Waals surface area (Å²) in [6, 6.07) is 12.0. The Bertz CT molecular complexity index is 2030. The van der Waals surface area contributed by atoms with Gasteiger partial charge in [-0.15, -0.1) is 12.4 Å². The standard InChI is InChI=1S/C41H51FN8O2.ClH/c1-24(2)45-39(51)30-21-34(32(42)17-26(30)5)47-38-37-35(44-23-49(37)25(3)4)22-33(46-38)27-9-10-31-36(18-27)50(40(52)41(31)11-13-43-14-12-41)29-19-28(20-29)48-15-7-6-8-16-48;/h9-10,17-18,21-25,28-29,43H,6-8,11-16,19-20H2,1-5H3,(H,45,51)(H,46,47);1H. The fourth-order valence-electron chi connectivity index (χ4n) is 8.97. The third-order valence-electron chi connectivity index (χ3n) is 11.9. The first kappa shape index (κ1) is 37.3. The minimum atomic E-state index is -0.502. The third kappa shape index (κ3) is 6.59. The van der Waals surface area contributed by atoms with Crippen molar-refractivity contribution in [1.82, 2.24) is 30.1 Å². The molecule has 3 N–H and O–H groups in total. The number of aryl methyl sites for hydroxylation is 1. The largest absolute Gasteiger partial charge is 0.350 e. The fraction of sp³-hybridized carbons (Fsp3) is 0.512. The second-order valence-corrected chi connectivity index (χ2v) is 16.0. The number of pyridine rings is 1. The zero-order chi connectivity index (χ0) is 36.3. The Labute approximate surface area is 317 Å². The summed E-state index contributed by atoms with van der Waals surface area (Å²) in [4.78, 5) is 42.3. The number of carbonyl (C=O) groups is 2. The maximum atomic E-state index is 15.6. The van der Waals surface area contributed by atoms with Crippen molar-refractivity contribution in [3.63, 3.8) is 0 Å². The van der Waals surface area contributed by atoms with Crippen LogP contribution < -0.4 is 20.9 Å². The van der Waals surface area contributed by atoms with E-state index in [0.717, 1.165) is 79.7 Å². The smallest absolute Gasteiger partial charge is 0.251 e. The molecule has 2 aromatic heterocycles. The molecule has 0 atom stereocenters. The van der Waals surface area contributed by atoms with Crippen molar-refractivity contribution in [3.8, 4) is 11.3 Å². The van der Waals surface area contributed by atoms with Gasteiger partial charge in [0.25, 0.3) is 5.91 Å². The Hall–Kier alpha value is -4.06. The van der Waals surface area contributed by atoms with Crippen molar-refractivity contribution in [3.05, 3.63) is 65.2 Å². The molecule has 3 aliphatic heterocycles. The lowest BCUT2D eigenvalue weighted by Crippen LogP contribution is -2.58. The fourth-order valence-corrected chi connectivity index (χ4v) is 8.97. The lowest BCUT2D eigenvalue weighted by atomic mass is 9.74. The quantitative estimate of drug-likeness (QED) is 0.173. The van der Waals surface area contributed by atoms with Gasteiger partial charge in [-0.3, -0.25) is 9.59 Å². The van der Waals surface area contributed by atoms with Crippen LogP contribution in [0.3, 0.4) is 0 Å². The molecule has 12 heteroatoms. The van der Waals surface area contributed by atoms with Gasteiger partial charge in [-0.05, 0) is 135 Å². The molecule has 0 radical (unpaired) electrons. The molecule has 3 fully saturated rings. The zero-order valence-corrected chi connectivity index (χ0v) is 32.3. The van der Waals surface area contributed by atoms with E-state index in [1.54, 1.807) is 19.3 Å². The molecule has 53 heavy (non-hydrogen) atoms. The van der Waals surface area contributed by atoms with Crippen LogP contribution in [0.5, 0.6) is 0 Å². The molecule has 0 bridgehead atoms. The number of nitrogens with one attached hydrogen (secondary N) is 3. The highest BCUT2D eigenvalue weighted by molar-refractivity contribution is 6.09. The summed E-state index contributed by atoms with van der Waals surface area (Å²) in [6.07, 6.45) is 9.24. The first-order chi connectivity index (χ1) is 25.0. The van der Waals surface area contributed by atoms with E-state index in [1.165, 1.54) is 25.3 Å². The van der Waals surface area contributed by atoms with Crippen LogP contribution >= 0.6 is 12.4 Å². The average Bonchev–Trinajstić information content (AvgIpc) is 3.64. The number of nitrogens with zero attached hydrogens (tertiary/aromatic N) is 5. The molecule has 1 saturated carbocycles. The molecule has 10 nitrogen and oxygen atoms in total. The van der Waals surface area contributed by atoms with Gasteiger partial charge in [0, 0.05) is 41.0 Å². The van der Waals surface area contributed by atoms with E-state index >= 15 is 4.39 Å². The topological polar surface area (TPSA) is 107 Å². The summed E-state index contributed by atoms with van der Waals surface area (Å²) >= 11 is 0. The Morgan fingerprint density at radius 2 is 1.74 bits per heavy atom. The van der Waals surface area contributed by atoms with Crippen LogP contribution in [0.2, 0.25) is 0 Å². The first-order valence-corrected chi connectivity index (χ1v) is 19.2. The Morgan fingerprint density at radius 1 is 1.00 bits per heavy atom. The molecular formula is C41H52ClFN8O2. The number of fused-ring (bicyclic) bond motifs is 3. The molecule has 5 heterocycles. The second kappa shape index (κ2) is 14.6. The predicted octanol–water partition coefficient (Wildman–Crippen LogP) is 7.42. The Kier molecular flexibility index (Phi) is 10.3. The van der Waals surface area contributed by atoms with Gasteiger partial charge in [-0.2, -0.15) is 0 Å². The van der Waals surface area contributed by atoms with Crippen LogP contribution in [0.1, 0.15) is 100 Å². The van der Waals surface area contributed by atoms with Gasteiger partial charge in [0.15, 0.2) is 5.82 Å². The zero-order valence-electron chi connectivity index (χ0n) is 31.5. The van der Waals surface area contributed by atoms with Gasteiger partial charge in [0.05, 0.1) is 28.6 Å². The lowest BCUT2D eigenvalue weighted by molar-refractivity contribution is -0.125. The van der Waals surface area contributed by atoms with Gasteiger partial charge in [-0.1, -0.05) is 18.6 Å². The molecule has 4 aliphatic rings. The molecular weight excluding hydrogens is 691 g/mol. The third-order valence-corrected chi connectivity index (χ3v) is 11.9. The Balaban J connectivity index is 0.00000435. The number of halogens is 2. The highest BCUT2D eigenvalue weighted by Crippen LogP contribution is 2.51. The van der Waals surface area contributed by atoms with E-state index in [2.05, 4.69) is 57.8 Å². The number of carbonyl (C=O) groups excluding carboxylic acids is 2. The number of hydrogen-bond acceptors (Lipinski definition) is 7. The van der Waals surface area contributed by atoms with Gasteiger partial charge < -0.3 is 30.3 Å². The molecule has 4 aromatic rings. The summed E-state index contributed by atoms with van der Waals surface area (Å²) in [5.74, 6) is -0.0379. The number of aromatic nitrogens is 3. The van der Waals surface area contributed by atoms with Crippen molar-refractivity contribution in [2.75, 3.05) is 36.4 Å². The highest BCUT2D eigenvalue weighted by atomic mass is 35.5. The van der Waals surface area contributed by atoms with E-state index in [9.17, 15) is 9.59 Å². The number of rotatable bonds is 8. The predicted molar refractivity (Wildman–Crippen MR) is 211 cm³/mol. The number of imidazole rings is 1. The summed E-state index contributed by atoms with van der Waals surface area (Å²) in [6.45, 7) is 13.6. The van der Waals surface area contributed by atoms with E-state index in [-0.39, 0.29) is 48.0 Å². The maximum Gasteiger partial charge on any atom is 0.251 e. The van der Waals surface area contributed by atoms with Crippen LogP contribution in [-0.4, -0.2) is 75.6 Å². The van der Waals surface area contributed by atoms with E-state index in [0.29, 0.717) is 28.7 Å². The van der Waals surface area contributed by atoms with Gasteiger partial charge in [0.1, 0.15) is 11.3 Å². The van der Waals surface area contributed by atoms with Crippen LogP contribution in [0.25, 0.3) is 22.3 Å². The van der Waals surface area contributed by atoms with Crippen LogP contribution in [0.4, 0.5) is 21.6 Å². The van der Waals surface area contributed by atoms with Crippen LogP contribution in [0, 0.1) is 12.7 Å². The molecule has 8 rings (SSSR count). The highest BCUT2D eigenvalue weighted by Gasteiger charge is 2.54.